The van der Waals surface area contributed by atoms with Crippen LogP contribution in [0.15, 0.2) is 41.4 Å². The first-order valence-electron chi connectivity index (χ1n) is 9.73. The summed E-state index contributed by atoms with van der Waals surface area (Å²) in [6.45, 7) is 4.69. The lowest BCUT2D eigenvalue weighted by atomic mass is 10.2. The highest BCUT2D eigenvalue weighted by molar-refractivity contribution is 7.89. The Hall–Kier alpha value is -1.91. The second-order valence-corrected chi connectivity index (χ2v) is 10.4. The summed E-state index contributed by atoms with van der Waals surface area (Å²) >= 11 is 12.0. The maximum absolute atomic E-state index is 12.8. The molecule has 1 amide bonds. The van der Waals surface area contributed by atoms with Crippen LogP contribution in [-0.2, 0) is 14.8 Å². The molecule has 1 aliphatic rings. The Balaban J connectivity index is 1.63. The first-order chi connectivity index (χ1) is 14.6. The van der Waals surface area contributed by atoms with Crippen LogP contribution in [0.25, 0.3) is 0 Å². The largest absolute Gasteiger partial charge is 0.354 e. The molecule has 11 heteroatoms. The number of halogens is 2. The number of hydrogen-bond donors (Lipinski definition) is 1. The predicted octanol–water partition coefficient (Wildman–Crippen LogP) is 2.79. The summed E-state index contributed by atoms with van der Waals surface area (Å²) < 4.78 is 26.0. The van der Waals surface area contributed by atoms with Crippen molar-refractivity contribution in [2.75, 3.05) is 50.5 Å². The second kappa shape index (κ2) is 9.70. The topological polar surface area (TPSA) is 85.8 Å². The van der Waals surface area contributed by atoms with Crippen molar-refractivity contribution in [2.24, 2.45) is 0 Å². The Kier molecular flexibility index (Phi) is 7.43. The Morgan fingerprint density at radius 1 is 1.13 bits per heavy atom. The lowest BCUT2D eigenvalue weighted by Crippen LogP contribution is -2.53. The molecule has 1 unspecified atom stereocenters. The van der Waals surface area contributed by atoms with Gasteiger partial charge < -0.3 is 10.2 Å². The van der Waals surface area contributed by atoms with Gasteiger partial charge in [0.15, 0.2) is 0 Å². The molecule has 0 aliphatic carbocycles. The summed E-state index contributed by atoms with van der Waals surface area (Å²) in [6, 6.07) is 7.75. The number of carbonyl (C=O) groups excluding carboxylic acids is 1. The van der Waals surface area contributed by atoms with E-state index < -0.39 is 10.0 Å². The molecule has 2 aromatic rings. The summed E-state index contributed by atoms with van der Waals surface area (Å²) in [7, 11) is -0.864. The van der Waals surface area contributed by atoms with Gasteiger partial charge in [-0.2, -0.15) is 0 Å². The molecule has 1 aliphatic heterocycles. The van der Waals surface area contributed by atoms with Crippen LogP contribution in [-0.4, -0.2) is 74.8 Å². The van der Waals surface area contributed by atoms with Crippen LogP contribution in [0, 0.1) is 0 Å². The third kappa shape index (κ3) is 5.48. The molecule has 0 radical (unpaired) electrons. The monoisotopic (exact) mass is 485 g/mol. The van der Waals surface area contributed by atoms with Crippen LogP contribution < -0.4 is 10.2 Å². The number of benzene rings is 1. The van der Waals surface area contributed by atoms with E-state index in [1.165, 1.54) is 26.2 Å². The van der Waals surface area contributed by atoms with Crippen molar-refractivity contribution >= 4 is 50.6 Å². The van der Waals surface area contributed by atoms with E-state index >= 15 is 0 Å². The number of carbonyl (C=O) groups is 1. The molecule has 1 aromatic heterocycles. The van der Waals surface area contributed by atoms with Crippen LogP contribution >= 0.6 is 23.2 Å². The number of hydrogen-bond acceptors (Lipinski definition) is 6. The van der Waals surface area contributed by atoms with Gasteiger partial charge >= 0.3 is 0 Å². The molecule has 3 rings (SSSR count). The van der Waals surface area contributed by atoms with Gasteiger partial charge in [-0.15, -0.1) is 0 Å². The van der Waals surface area contributed by atoms with Crippen molar-refractivity contribution in [1.82, 2.24) is 14.2 Å². The molecule has 8 nitrogen and oxygen atoms in total. The molecular weight excluding hydrogens is 461 g/mol. The highest BCUT2D eigenvalue weighted by Gasteiger charge is 2.27. The number of rotatable bonds is 6. The number of amides is 1. The SMILES string of the molecule is CC(C(=O)Nc1ccc(Cl)c(S(=O)(=O)N(C)C)c1)N1CCN(c2ccc(Cl)cn2)CC1. The van der Waals surface area contributed by atoms with Gasteiger partial charge in [0.05, 0.1) is 16.1 Å². The second-order valence-electron chi connectivity index (χ2n) is 7.46. The number of anilines is 2. The zero-order chi connectivity index (χ0) is 22.8. The zero-order valence-electron chi connectivity index (χ0n) is 17.5. The van der Waals surface area contributed by atoms with Crippen molar-refractivity contribution in [3.8, 4) is 0 Å². The Bertz CT molecular complexity index is 1040. The Morgan fingerprint density at radius 2 is 1.81 bits per heavy atom. The summed E-state index contributed by atoms with van der Waals surface area (Å²) in [4.78, 5) is 21.3. The molecule has 0 spiro atoms. The van der Waals surface area contributed by atoms with Crippen LogP contribution in [0.3, 0.4) is 0 Å². The average Bonchev–Trinajstić information content (AvgIpc) is 2.75. The van der Waals surface area contributed by atoms with Crippen LogP contribution in [0.2, 0.25) is 10.0 Å². The van der Waals surface area contributed by atoms with Gasteiger partial charge in [0, 0.05) is 52.2 Å². The van der Waals surface area contributed by atoms with Crippen molar-refractivity contribution < 1.29 is 13.2 Å². The van der Waals surface area contributed by atoms with E-state index in [2.05, 4.69) is 20.1 Å². The molecule has 168 valence electrons. The molecule has 1 fully saturated rings. The molecule has 31 heavy (non-hydrogen) atoms. The highest BCUT2D eigenvalue weighted by Crippen LogP contribution is 2.27. The van der Waals surface area contributed by atoms with Crippen molar-refractivity contribution in [1.29, 1.82) is 0 Å². The quantitative estimate of drug-likeness (QED) is 0.676. The fourth-order valence-electron chi connectivity index (χ4n) is 3.28. The molecule has 1 N–H and O–H groups in total. The van der Waals surface area contributed by atoms with Crippen molar-refractivity contribution in [2.45, 2.75) is 17.9 Å². The Labute approximate surface area is 192 Å². The smallest absolute Gasteiger partial charge is 0.244 e. The summed E-state index contributed by atoms with van der Waals surface area (Å²) in [5, 5.41) is 3.50. The lowest BCUT2D eigenvalue weighted by Gasteiger charge is -2.38. The number of piperazine rings is 1. The number of aromatic nitrogens is 1. The minimum atomic E-state index is -3.72. The first kappa shape index (κ1) is 23.7. The van der Waals surface area contributed by atoms with Gasteiger partial charge in [-0.05, 0) is 37.3 Å². The molecule has 1 saturated heterocycles. The molecular formula is C20H25Cl2N5O3S. The maximum atomic E-state index is 12.8. The van der Waals surface area contributed by atoms with Crippen molar-refractivity contribution in [3.63, 3.8) is 0 Å². The summed E-state index contributed by atoms with van der Waals surface area (Å²) in [5.74, 6) is 0.644. The highest BCUT2D eigenvalue weighted by atomic mass is 35.5. The van der Waals surface area contributed by atoms with Crippen LogP contribution in [0.1, 0.15) is 6.92 Å². The standard InChI is InChI=1S/C20H25Cl2N5O3S/c1-14(26-8-10-27(11-9-26)19-7-4-15(21)13-23-19)20(28)24-16-5-6-17(22)18(12-16)31(29,30)25(2)3/h4-7,12-14H,8-11H2,1-3H3,(H,24,28). The van der Waals surface area contributed by atoms with E-state index in [1.807, 2.05) is 19.1 Å². The summed E-state index contributed by atoms with van der Waals surface area (Å²) in [6.07, 6.45) is 1.62. The van der Waals surface area contributed by atoms with E-state index in [1.54, 1.807) is 12.3 Å². The van der Waals surface area contributed by atoms with Crippen molar-refractivity contribution in [3.05, 3.63) is 46.6 Å². The van der Waals surface area contributed by atoms with E-state index in [-0.39, 0.29) is 21.9 Å². The van der Waals surface area contributed by atoms with E-state index in [4.69, 9.17) is 23.2 Å². The van der Waals surface area contributed by atoms with Crippen LogP contribution in [0.5, 0.6) is 0 Å². The number of nitrogens with one attached hydrogen (secondary N) is 1. The Morgan fingerprint density at radius 3 is 2.39 bits per heavy atom. The van der Waals surface area contributed by atoms with Crippen LogP contribution in [0.4, 0.5) is 11.5 Å². The molecule has 2 heterocycles. The van der Waals surface area contributed by atoms with Gasteiger partial charge in [0.25, 0.3) is 0 Å². The minimum Gasteiger partial charge on any atom is -0.354 e. The first-order valence-corrected chi connectivity index (χ1v) is 11.9. The predicted molar refractivity (Wildman–Crippen MR) is 123 cm³/mol. The fraction of sp³-hybridized carbons (Fsp3) is 0.400. The zero-order valence-corrected chi connectivity index (χ0v) is 19.9. The van der Waals surface area contributed by atoms with Gasteiger partial charge in [0.1, 0.15) is 10.7 Å². The van der Waals surface area contributed by atoms with E-state index in [9.17, 15) is 13.2 Å². The van der Waals surface area contributed by atoms with E-state index in [0.717, 1.165) is 23.2 Å². The van der Waals surface area contributed by atoms with E-state index in [0.29, 0.717) is 23.8 Å². The third-order valence-corrected chi connectivity index (χ3v) is 7.75. The molecule has 0 saturated carbocycles. The molecule has 1 aromatic carbocycles. The third-order valence-electron chi connectivity index (χ3n) is 5.23. The molecule has 1 atom stereocenters. The van der Waals surface area contributed by atoms with Gasteiger partial charge in [-0.25, -0.2) is 17.7 Å². The average molecular weight is 486 g/mol. The molecule has 0 bridgehead atoms. The minimum absolute atomic E-state index is 0.0475. The van der Waals surface area contributed by atoms with Gasteiger partial charge in [-0.1, -0.05) is 23.2 Å². The normalized spacial score (nSPS) is 16.4. The fourth-order valence-corrected chi connectivity index (χ4v) is 4.79. The number of sulfonamides is 1. The number of pyridine rings is 1. The van der Waals surface area contributed by atoms with Gasteiger partial charge in [0.2, 0.25) is 15.9 Å². The summed E-state index contributed by atoms with van der Waals surface area (Å²) in [5.41, 5.74) is 0.380. The maximum Gasteiger partial charge on any atom is 0.244 e. The van der Waals surface area contributed by atoms with Gasteiger partial charge in [-0.3, -0.25) is 9.69 Å². The number of nitrogens with zero attached hydrogens (tertiary/aromatic N) is 4. The lowest BCUT2D eigenvalue weighted by molar-refractivity contribution is -0.120.